The minimum atomic E-state index is -0.712. The maximum absolute atomic E-state index is 11.6. The van der Waals surface area contributed by atoms with E-state index in [-0.39, 0.29) is 5.56 Å². The number of hydrogen-bond acceptors (Lipinski definition) is 4. The molecular weight excluding hydrogens is 238 g/mol. The number of carbonyl (C=O) groups excluding carboxylic acids is 1. The van der Waals surface area contributed by atoms with Gasteiger partial charge in [0.05, 0.1) is 11.2 Å². The highest BCUT2D eigenvalue weighted by atomic mass is 32.1. The van der Waals surface area contributed by atoms with Crippen molar-refractivity contribution in [3.63, 3.8) is 0 Å². The highest BCUT2D eigenvalue weighted by Crippen LogP contribution is 2.33. The van der Waals surface area contributed by atoms with E-state index in [4.69, 9.17) is 5.73 Å². The molecule has 86 valence electrons. The Balaban J connectivity index is 2.30. The molecule has 1 aliphatic carbocycles. The fraction of sp³-hybridized carbons (Fsp3) is 0.182. The number of aromatic nitrogens is 2. The van der Waals surface area contributed by atoms with Gasteiger partial charge in [0.1, 0.15) is 5.56 Å². The molecule has 17 heavy (non-hydrogen) atoms. The molecule has 0 aliphatic heterocycles. The molecule has 0 unspecified atom stereocenters. The van der Waals surface area contributed by atoms with Gasteiger partial charge in [-0.05, 0) is 18.9 Å². The number of amides is 1. The Bertz CT molecular complexity index is 672. The van der Waals surface area contributed by atoms with Crippen LogP contribution >= 0.6 is 11.3 Å². The molecule has 2 heterocycles. The van der Waals surface area contributed by atoms with Gasteiger partial charge in [-0.1, -0.05) is 0 Å². The summed E-state index contributed by atoms with van der Waals surface area (Å²) in [7, 11) is 0. The van der Waals surface area contributed by atoms with Crippen LogP contribution in [-0.2, 0) is 12.8 Å². The molecule has 1 aliphatic rings. The van der Waals surface area contributed by atoms with Crippen LogP contribution in [0.25, 0.3) is 11.3 Å². The van der Waals surface area contributed by atoms with Crippen LogP contribution < -0.4 is 11.3 Å². The smallest absolute Gasteiger partial charge is 0.261 e. The summed E-state index contributed by atoms with van der Waals surface area (Å²) in [6, 6.07) is 1.55. The van der Waals surface area contributed by atoms with Gasteiger partial charge >= 0.3 is 0 Å². The number of nitrogens with one attached hydrogen (secondary N) is 1. The average molecular weight is 247 g/mol. The van der Waals surface area contributed by atoms with Crippen molar-refractivity contribution in [2.45, 2.75) is 12.8 Å². The van der Waals surface area contributed by atoms with Gasteiger partial charge in [-0.3, -0.25) is 9.59 Å². The second-order valence-electron chi connectivity index (χ2n) is 3.89. The molecule has 0 fully saturated rings. The van der Waals surface area contributed by atoms with Gasteiger partial charge in [0.2, 0.25) is 0 Å². The normalized spacial score (nSPS) is 12.9. The molecule has 0 spiro atoms. The Morgan fingerprint density at radius 3 is 3.06 bits per heavy atom. The van der Waals surface area contributed by atoms with E-state index in [1.807, 2.05) is 0 Å². The van der Waals surface area contributed by atoms with Crippen molar-refractivity contribution in [2.75, 3.05) is 0 Å². The number of hydrogen-bond donors (Lipinski definition) is 2. The first-order valence-electron chi connectivity index (χ1n) is 5.15. The Hall–Kier alpha value is -1.95. The lowest BCUT2D eigenvalue weighted by molar-refractivity contribution is 0.0999. The van der Waals surface area contributed by atoms with E-state index in [0.29, 0.717) is 0 Å². The third kappa shape index (κ3) is 1.49. The number of nitrogens with zero attached hydrogens (tertiary/aromatic N) is 1. The molecule has 3 rings (SSSR count). The summed E-state index contributed by atoms with van der Waals surface area (Å²) in [5.41, 5.74) is 9.02. The fourth-order valence-electron chi connectivity index (χ4n) is 2.07. The van der Waals surface area contributed by atoms with Crippen LogP contribution in [0.1, 0.15) is 20.9 Å². The lowest BCUT2D eigenvalue weighted by atomic mass is 9.97. The molecule has 3 N–H and O–H groups in total. The molecule has 5 nitrogen and oxygen atoms in total. The Labute approximate surface area is 100 Å². The highest BCUT2D eigenvalue weighted by Gasteiger charge is 2.21. The number of H-pyrrole nitrogens is 1. The number of pyridine rings is 1. The van der Waals surface area contributed by atoms with Gasteiger partial charge in [-0.2, -0.15) is 0 Å². The summed E-state index contributed by atoms with van der Waals surface area (Å²) in [5.74, 6) is -0.712. The number of nitrogens with two attached hydrogens (primary N) is 1. The molecule has 2 aromatic heterocycles. The predicted octanol–water partition coefficient (Wildman–Crippen LogP) is 0.696. The second kappa shape index (κ2) is 3.53. The van der Waals surface area contributed by atoms with Crippen molar-refractivity contribution in [1.82, 2.24) is 9.97 Å². The standard InChI is InChI=1S/C11H9N3O2S/c12-10(15)6-3-5-7(14-11(6)16)1-2-8-9(5)13-4-17-8/h3-4H,1-2H2,(H2,12,15)(H,14,16). The number of thiazole rings is 1. The van der Waals surface area contributed by atoms with E-state index in [1.54, 1.807) is 22.9 Å². The number of carbonyl (C=O) groups is 1. The molecule has 0 bridgehead atoms. The second-order valence-corrected chi connectivity index (χ2v) is 4.83. The van der Waals surface area contributed by atoms with E-state index < -0.39 is 11.5 Å². The van der Waals surface area contributed by atoms with E-state index in [0.717, 1.165) is 29.8 Å². The Morgan fingerprint density at radius 2 is 2.29 bits per heavy atom. The number of aryl methyl sites for hydroxylation is 2. The monoisotopic (exact) mass is 247 g/mol. The van der Waals surface area contributed by atoms with Gasteiger partial charge in [-0.15, -0.1) is 11.3 Å². The van der Waals surface area contributed by atoms with Gasteiger partial charge in [-0.25, -0.2) is 4.98 Å². The Kier molecular flexibility index (Phi) is 2.12. The van der Waals surface area contributed by atoms with Gasteiger partial charge < -0.3 is 10.7 Å². The van der Waals surface area contributed by atoms with Gasteiger partial charge in [0, 0.05) is 16.1 Å². The quantitative estimate of drug-likeness (QED) is 0.777. The zero-order chi connectivity index (χ0) is 12.0. The molecule has 6 heteroatoms. The topological polar surface area (TPSA) is 88.8 Å². The third-order valence-corrected chi connectivity index (χ3v) is 3.78. The van der Waals surface area contributed by atoms with Crippen LogP contribution in [0.15, 0.2) is 16.4 Å². The summed E-state index contributed by atoms with van der Waals surface area (Å²) in [6.07, 6.45) is 1.64. The van der Waals surface area contributed by atoms with E-state index in [9.17, 15) is 9.59 Å². The maximum atomic E-state index is 11.6. The van der Waals surface area contributed by atoms with E-state index in [2.05, 4.69) is 9.97 Å². The molecular formula is C11H9N3O2S. The minimum Gasteiger partial charge on any atom is -0.365 e. The zero-order valence-electron chi connectivity index (χ0n) is 8.82. The van der Waals surface area contributed by atoms with Crippen LogP contribution in [0.4, 0.5) is 0 Å². The van der Waals surface area contributed by atoms with E-state index in [1.165, 1.54) is 4.88 Å². The van der Waals surface area contributed by atoms with Crippen molar-refractivity contribution in [1.29, 1.82) is 0 Å². The first-order valence-corrected chi connectivity index (χ1v) is 6.03. The molecule has 0 saturated heterocycles. The van der Waals surface area contributed by atoms with Crippen molar-refractivity contribution >= 4 is 17.2 Å². The van der Waals surface area contributed by atoms with Crippen molar-refractivity contribution in [2.24, 2.45) is 5.73 Å². The number of rotatable bonds is 1. The maximum Gasteiger partial charge on any atom is 0.261 e. The molecule has 1 amide bonds. The third-order valence-electron chi connectivity index (χ3n) is 2.89. The van der Waals surface area contributed by atoms with Crippen LogP contribution in [0.5, 0.6) is 0 Å². The largest absolute Gasteiger partial charge is 0.365 e. The SMILES string of the molecule is NC(=O)c1cc2c([nH]c1=O)CCc1scnc1-2. The zero-order valence-corrected chi connectivity index (χ0v) is 9.63. The lowest BCUT2D eigenvalue weighted by Crippen LogP contribution is -2.25. The van der Waals surface area contributed by atoms with Crippen LogP contribution in [0, 0.1) is 0 Å². The lowest BCUT2D eigenvalue weighted by Gasteiger charge is -2.15. The van der Waals surface area contributed by atoms with E-state index >= 15 is 0 Å². The van der Waals surface area contributed by atoms with Crippen molar-refractivity contribution < 1.29 is 4.79 Å². The molecule has 0 saturated carbocycles. The Morgan fingerprint density at radius 1 is 1.47 bits per heavy atom. The fourth-order valence-corrected chi connectivity index (χ4v) is 2.85. The van der Waals surface area contributed by atoms with Gasteiger partial charge in [0.15, 0.2) is 0 Å². The van der Waals surface area contributed by atoms with Crippen LogP contribution in [0.2, 0.25) is 0 Å². The average Bonchev–Trinajstić information content (AvgIpc) is 2.75. The minimum absolute atomic E-state index is 0.00963. The molecule has 0 atom stereocenters. The summed E-state index contributed by atoms with van der Waals surface area (Å²) in [6.45, 7) is 0. The first-order chi connectivity index (χ1) is 8.16. The predicted molar refractivity (Wildman–Crippen MR) is 64.1 cm³/mol. The molecule has 0 aromatic carbocycles. The summed E-state index contributed by atoms with van der Waals surface area (Å²) >= 11 is 1.59. The molecule has 0 radical (unpaired) electrons. The number of aromatic amines is 1. The summed E-state index contributed by atoms with van der Waals surface area (Å²) in [5, 5.41) is 0. The van der Waals surface area contributed by atoms with Gasteiger partial charge in [0.25, 0.3) is 11.5 Å². The van der Waals surface area contributed by atoms with Crippen LogP contribution in [-0.4, -0.2) is 15.9 Å². The molecule has 2 aromatic rings. The summed E-state index contributed by atoms with van der Waals surface area (Å²) < 4.78 is 0. The van der Waals surface area contributed by atoms with Crippen molar-refractivity contribution in [3.05, 3.63) is 38.1 Å². The highest BCUT2D eigenvalue weighted by molar-refractivity contribution is 7.10. The number of fused-ring (bicyclic) bond motifs is 3. The number of primary amides is 1. The first kappa shape index (κ1) is 10.2. The van der Waals surface area contributed by atoms with Crippen molar-refractivity contribution in [3.8, 4) is 11.3 Å². The summed E-state index contributed by atoms with van der Waals surface area (Å²) in [4.78, 5) is 30.9. The van der Waals surface area contributed by atoms with Crippen LogP contribution in [0.3, 0.4) is 0 Å².